The Kier molecular flexibility index (Phi) is 3.21. The second-order valence-electron chi connectivity index (χ2n) is 4.83. The van der Waals surface area contributed by atoms with Gasteiger partial charge in [-0.2, -0.15) is 9.61 Å². The van der Waals surface area contributed by atoms with Crippen LogP contribution in [0.15, 0.2) is 12.1 Å². The molecule has 0 bridgehead atoms. The molecule has 21 heavy (non-hydrogen) atoms. The van der Waals surface area contributed by atoms with E-state index in [1.165, 1.54) is 11.3 Å². The summed E-state index contributed by atoms with van der Waals surface area (Å²) in [4.78, 5) is 12.3. The van der Waals surface area contributed by atoms with E-state index in [2.05, 4.69) is 15.3 Å². The van der Waals surface area contributed by atoms with Gasteiger partial charge in [-0.15, -0.1) is 10.2 Å². The van der Waals surface area contributed by atoms with Gasteiger partial charge < -0.3 is 5.11 Å². The summed E-state index contributed by atoms with van der Waals surface area (Å²) in [5.41, 5.74) is 2.59. The Morgan fingerprint density at radius 3 is 2.67 bits per heavy atom. The first-order valence-electron chi connectivity index (χ1n) is 6.58. The summed E-state index contributed by atoms with van der Waals surface area (Å²) in [5.74, 6) is -0.164. The Morgan fingerprint density at radius 1 is 1.29 bits per heavy atom. The third-order valence-corrected chi connectivity index (χ3v) is 4.34. The standard InChI is InChI=1S/C14H14N4O2S/c1-4-9-15-16-14-18(9)17-12(21-14)10-7(2)5-6-8(3)11(10)13(19)20/h5-6H,4H2,1-3H3,(H,19,20). The van der Waals surface area contributed by atoms with Crippen LogP contribution in [0.25, 0.3) is 15.5 Å². The van der Waals surface area contributed by atoms with Gasteiger partial charge >= 0.3 is 5.97 Å². The monoisotopic (exact) mass is 302 g/mol. The maximum absolute atomic E-state index is 11.6. The SMILES string of the molecule is CCc1nnc2sc(-c3c(C)ccc(C)c3C(=O)O)nn12. The van der Waals surface area contributed by atoms with E-state index in [0.29, 0.717) is 21.1 Å². The van der Waals surface area contributed by atoms with Crippen LogP contribution in [0.2, 0.25) is 0 Å². The lowest BCUT2D eigenvalue weighted by atomic mass is 9.98. The molecule has 0 aliphatic rings. The van der Waals surface area contributed by atoms with E-state index in [-0.39, 0.29) is 0 Å². The summed E-state index contributed by atoms with van der Waals surface area (Å²) in [6.45, 7) is 5.67. The molecule has 0 spiro atoms. The second-order valence-corrected chi connectivity index (χ2v) is 5.78. The average molecular weight is 302 g/mol. The van der Waals surface area contributed by atoms with Crippen molar-refractivity contribution in [3.05, 3.63) is 34.6 Å². The lowest BCUT2D eigenvalue weighted by Gasteiger charge is -2.09. The Morgan fingerprint density at radius 2 is 2.00 bits per heavy atom. The molecule has 108 valence electrons. The zero-order chi connectivity index (χ0) is 15.1. The number of hydrogen-bond acceptors (Lipinski definition) is 5. The van der Waals surface area contributed by atoms with Crippen molar-refractivity contribution >= 4 is 22.3 Å². The largest absolute Gasteiger partial charge is 0.478 e. The number of aromatic carboxylic acids is 1. The zero-order valence-electron chi connectivity index (χ0n) is 11.9. The van der Waals surface area contributed by atoms with Crippen molar-refractivity contribution in [3.63, 3.8) is 0 Å². The number of carboxylic acids is 1. The molecular weight excluding hydrogens is 288 g/mol. The average Bonchev–Trinajstić information content (AvgIpc) is 3.00. The van der Waals surface area contributed by atoms with Crippen LogP contribution in [0.5, 0.6) is 0 Å². The van der Waals surface area contributed by atoms with Crippen molar-refractivity contribution in [1.82, 2.24) is 19.8 Å². The number of fused-ring (bicyclic) bond motifs is 1. The fraction of sp³-hybridized carbons (Fsp3) is 0.286. The molecule has 0 saturated carbocycles. The molecule has 7 heteroatoms. The maximum Gasteiger partial charge on any atom is 0.336 e. The first-order valence-corrected chi connectivity index (χ1v) is 7.39. The van der Waals surface area contributed by atoms with Crippen LogP contribution < -0.4 is 0 Å². The Bertz CT molecular complexity index is 850. The molecule has 0 amide bonds. The molecule has 0 fully saturated rings. The van der Waals surface area contributed by atoms with Crippen LogP contribution in [-0.2, 0) is 6.42 Å². The predicted molar refractivity (Wildman–Crippen MR) is 79.9 cm³/mol. The van der Waals surface area contributed by atoms with Crippen LogP contribution in [0.3, 0.4) is 0 Å². The summed E-state index contributed by atoms with van der Waals surface area (Å²) < 4.78 is 1.69. The van der Waals surface area contributed by atoms with Crippen molar-refractivity contribution in [2.75, 3.05) is 0 Å². The van der Waals surface area contributed by atoms with Crippen LogP contribution in [0, 0.1) is 13.8 Å². The highest BCUT2D eigenvalue weighted by molar-refractivity contribution is 7.19. The lowest BCUT2D eigenvalue weighted by molar-refractivity contribution is 0.0697. The minimum atomic E-state index is -0.937. The predicted octanol–water partition coefficient (Wildman–Crippen LogP) is 2.73. The molecule has 0 atom stereocenters. The molecule has 6 nitrogen and oxygen atoms in total. The van der Waals surface area contributed by atoms with Crippen molar-refractivity contribution < 1.29 is 9.90 Å². The van der Waals surface area contributed by atoms with Gasteiger partial charge in [-0.05, 0) is 25.0 Å². The summed E-state index contributed by atoms with van der Waals surface area (Å²) in [6.07, 6.45) is 0.725. The summed E-state index contributed by atoms with van der Waals surface area (Å²) in [6, 6.07) is 3.74. The van der Waals surface area contributed by atoms with Gasteiger partial charge in [0, 0.05) is 12.0 Å². The zero-order valence-corrected chi connectivity index (χ0v) is 12.7. The molecule has 0 aliphatic heterocycles. The molecule has 3 aromatic rings. The number of benzene rings is 1. The number of carboxylic acid groups (broad SMARTS) is 1. The Labute approximate surface area is 125 Å². The molecule has 0 radical (unpaired) electrons. The fourth-order valence-electron chi connectivity index (χ4n) is 2.34. The molecule has 1 N–H and O–H groups in total. The third kappa shape index (κ3) is 2.09. The molecule has 2 aromatic heterocycles. The van der Waals surface area contributed by atoms with E-state index < -0.39 is 5.97 Å². The first-order chi connectivity index (χ1) is 10.0. The van der Waals surface area contributed by atoms with Gasteiger partial charge in [0.05, 0.1) is 5.56 Å². The molecule has 3 rings (SSSR count). The van der Waals surface area contributed by atoms with E-state index in [4.69, 9.17) is 0 Å². The highest BCUT2D eigenvalue weighted by atomic mass is 32.1. The number of aromatic nitrogens is 4. The number of carbonyl (C=O) groups is 1. The van der Waals surface area contributed by atoms with Crippen molar-refractivity contribution in [1.29, 1.82) is 0 Å². The van der Waals surface area contributed by atoms with Crippen LogP contribution in [0.4, 0.5) is 0 Å². The van der Waals surface area contributed by atoms with Gasteiger partial charge in [0.2, 0.25) is 4.96 Å². The number of nitrogens with zero attached hydrogens (tertiary/aromatic N) is 4. The molecule has 0 aliphatic carbocycles. The van der Waals surface area contributed by atoms with Crippen molar-refractivity contribution in [3.8, 4) is 10.6 Å². The van der Waals surface area contributed by atoms with Crippen LogP contribution in [-0.4, -0.2) is 30.9 Å². The first kappa shape index (κ1) is 13.7. The maximum atomic E-state index is 11.6. The molecule has 2 heterocycles. The van der Waals surface area contributed by atoms with E-state index >= 15 is 0 Å². The minimum absolute atomic E-state index is 0.304. The van der Waals surface area contributed by atoms with Gasteiger partial charge in [0.25, 0.3) is 0 Å². The fourth-order valence-corrected chi connectivity index (χ4v) is 3.32. The molecule has 0 unspecified atom stereocenters. The molecule has 0 saturated heterocycles. The van der Waals surface area contributed by atoms with E-state index in [1.807, 2.05) is 26.0 Å². The van der Waals surface area contributed by atoms with Crippen LogP contribution >= 0.6 is 11.3 Å². The number of aryl methyl sites for hydroxylation is 3. The second kappa shape index (κ2) is 4.92. The Balaban J connectivity index is 2.29. The van der Waals surface area contributed by atoms with E-state index in [9.17, 15) is 9.90 Å². The van der Waals surface area contributed by atoms with Crippen LogP contribution in [0.1, 0.15) is 34.2 Å². The quantitative estimate of drug-likeness (QED) is 0.804. The highest BCUT2D eigenvalue weighted by Gasteiger charge is 2.21. The van der Waals surface area contributed by atoms with Crippen molar-refractivity contribution in [2.45, 2.75) is 27.2 Å². The van der Waals surface area contributed by atoms with E-state index in [1.54, 1.807) is 11.4 Å². The van der Waals surface area contributed by atoms with Gasteiger partial charge in [0.1, 0.15) is 5.01 Å². The number of hydrogen-bond donors (Lipinski definition) is 1. The minimum Gasteiger partial charge on any atom is -0.478 e. The summed E-state index contributed by atoms with van der Waals surface area (Å²) in [7, 11) is 0. The van der Waals surface area contributed by atoms with Gasteiger partial charge in [-0.3, -0.25) is 0 Å². The number of rotatable bonds is 3. The summed E-state index contributed by atoms with van der Waals surface area (Å²) in [5, 5.41) is 22.8. The normalized spacial score (nSPS) is 11.2. The van der Waals surface area contributed by atoms with Gasteiger partial charge in [-0.25, -0.2) is 4.79 Å². The lowest BCUT2D eigenvalue weighted by Crippen LogP contribution is -2.05. The van der Waals surface area contributed by atoms with Gasteiger partial charge in [0.15, 0.2) is 5.82 Å². The van der Waals surface area contributed by atoms with Crippen molar-refractivity contribution in [2.24, 2.45) is 0 Å². The third-order valence-electron chi connectivity index (χ3n) is 3.42. The summed E-state index contributed by atoms with van der Waals surface area (Å²) >= 11 is 1.36. The molecular formula is C14H14N4O2S. The van der Waals surface area contributed by atoms with Gasteiger partial charge in [-0.1, -0.05) is 30.4 Å². The Hall–Kier alpha value is -2.28. The highest BCUT2D eigenvalue weighted by Crippen LogP contribution is 2.33. The van der Waals surface area contributed by atoms with E-state index in [0.717, 1.165) is 23.4 Å². The topological polar surface area (TPSA) is 80.4 Å². The smallest absolute Gasteiger partial charge is 0.336 e. The molecule has 1 aromatic carbocycles.